The second-order valence-corrected chi connectivity index (χ2v) is 4.71. The molecule has 0 radical (unpaired) electrons. The zero-order valence-electron chi connectivity index (χ0n) is 10.3. The summed E-state index contributed by atoms with van der Waals surface area (Å²) in [6, 6.07) is 10.6. The van der Waals surface area contributed by atoms with E-state index in [0.29, 0.717) is 27.2 Å². The van der Waals surface area contributed by atoms with Crippen LogP contribution < -0.4 is 15.2 Å². The number of nitrogens with two attached hydrogens (primary N) is 1. The van der Waals surface area contributed by atoms with Crippen LogP contribution in [0.25, 0.3) is 0 Å². The molecule has 100 valence electrons. The van der Waals surface area contributed by atoms with Crippen molar-refractivity contribution >= 4 is 28.9 Å². The summed E-state index contributed by atoms with van der Waals surface area (Å²) < 4.78 is 10.7. The second kappa shape index (κ2) is 6.04. The minimum absolute atomic E-state index is 0.282. The van der Waals surface area contributed by atoms with E-state index in [9.17, 15) is 0 Å². The highest BCUT2D eigenvalue weighted by atomic mass is 35.5. The van der Waals surface area contributed by atoms with Gasteiger partial charge in [-0.1, -0.05) is 29.3 Å². The largest absolute Gasteiger partial charge is 0.495 e. The quantitative estimate of drug-likeness (QED) is 0.862. The highest BCUT2D eigenvalue weighted by molar-refractivity contribution is 6.35. The van der Waals surface area contributed by atoms with Gasteiger partial charge in [-0.3, -0.25) is 0 Å². The standard InChI is InChI=1S/C14H13Cl2NO2/c1-18-14-6-5-9(7-13(14)17)19-8-10-11(15)3-2-4-12(10)16/h2-7H,8,17H2,1H3. The Kier molecular flexibility index (Phi) is 4.40. The van der Waals surface area contributed by atoms with Crippen molar-refractivity contribution in [2.75, 3.05) is 12.8 Å². The maximum atomic E-state index is 6.07. The Hall–Kier alpha value is -1.58. The number of ether oxygens (including phenoxy) is 2. The van der Waals surface area contributed by atoms with Crippen molar-refractivity contribution in [3.05, 3.63) is 52.0 Å². The second-order valence-electron chi connectivity index (χ2n) is 3.89. The van der Waals surface area contributed by atoms with Crippen molar-refractivity contribution in [3.8, 4) is 11.5 Å². The van der Waals surface area contributed by atoms with Gasteiger partial charge in [0.2, 0.25) is 0 Å². The molecule has 19 heavy (non-hydrogen) atoms. The first-order chi connectivity index (χ1) is 9.11. The zero-order valence-corrected chi connectivity index (χ0v) is 11.8. The maximum Gasteiger partial charge on any atom is 0.142 e. The molecule has 0 fully saturated rings. The normalized spacial score (nSPS) is 10.3. The first-order valence-electron chi connectivity index (χ1n) is 5.61. The van der Waals surface area contributed by atoms with Crippen molar-refractivity contribution in [1.29, 1.82) is 0 Å². The van der Waals surface area contributed by atoms with Gasteiger partial charge in [0, 0.05) is 21.7 Å². The number of hydrogen-bond acceptors (Lipinski definition) is 3. The predicted octanol–water partition coefficient (Wildman–Crippen LogP) is 4.16. The van der Waals surface area contributed by atoms with E-state index in [1.165, 1.54) is 0 Å². The van der Waals surface area contributed by atoms with Crippen LogP contribution in [0.3, 0.4) is 0 Å². The lowest BCUT2D eigenvalue weighted by atomic mass is 10.2. The fourth-order valence-corrected chi connectivity index (χ4v) is 2.13. The van der Waals surface area contributed by atoms with E-state index in [-0.39, 0.29) is 6.61 Å². The molecule has 5 heteroatoms. The number of halogens is 2. The van der Waals surface area contributed by atoms with E-state index >= 15 is 0 Å². The molecule has 2 aromatic carbocycles. The predicted molar refractivity (Wildman–Crippen MR) is 78.2 cm³/mol. The van der Waals surface area contributed by atoms with Gasteiger partial charge < -0.3 is 15.2 Å². The molecule has 0 saturated heterocycles. The maximum absolute atomic E-state index is 6.07. The summed E-state index contributed by atoms with van der Waals surface area (Å²) >= 11 is 12.1. The van der Waals surface area contributed by atoms with Crippen LogP contribution in [-0.2, 0) is 6.61 Å². The third-order valence-electron chi connectivity index (χ3n) is 2.65. The van der Waals surface area contributed by atoms with Crippen molar-refractivity contribution in [2.45, 2.75) is 6.61 Å². The molecule has 0 unspecified atom stereocenters. The van der Waals surface area contributed by atoms with Crippen LogP contribution in [0.5, 0.6) is 11.5 Å². The Morgan fingerprint density at radius 2 is 1.79 bits per heavy atom. The molecule has 0 aliphatic rings. The van der Waals surface area contributed by atoms with Crippen molar-refractivity contribution in [3.63, 3.8) is 0 Å². The van der Waals surface area contributed by atoms with E-state index in [0.717, 1.165) is 5.56 Å². The molecule has 3 nitrogen and oxygen atoms in total. The summed E-state index contributed by atoms with van der Waals surface area (Å²) in [6.45, 7) is 0.282. The topological polar surface area (TPSA) is 44.5 Å². The molecule has 2 N–H and O–H groups in total. The van der Waals surface area contributed by atoms with Gasteiger partial charge in [0.25, 0.3) is 0 Å². The van der Waals surface area contributed by atoms with Gasteiger partial charge in [-0.2, -0.15) is 0 Å². The van der Waals surface area contributed by atoms with E-state index in [2.05, 4.69) is 0 Å². The van der Waals surface area contributed by atoms with Crippen LogP contribution in [0.4, 0.5) is 5.69 Å². The van der Waals surface area contributed by atoms with E-state index in [1.54, 1.807) is 43.5 Å². The van der Waals surface area contributed by atoms with Crippen LogP contribution in [0.2, 0.25) is 10.0 Å². The van der Waals surface area contributed by atoms with Gasteiger partial charge in [-0.15, -0.1) is 0 Å². The van der Waals surface area contributed by atoms with Gasteiger partial charge >= 0.3 is 0 Å². The van der Waals surface area contributed by atoms with Crippen molar-refractivity contribution in [2.24, 2.45) is 0 Å². The summed E-state index contributed by atoms with van der Waals surface area (Å²) in [5.41, 5.74) is 7.07. The van der Waals surface area contributed by atoms with Crippen LogP contribution in [0.1, 0.15) is 5.56 Å². The zero-order chi connectivity index (χ0) is 13.8. The van der Waals surface area contributed by atoms with Crippen LogP contribution in [0, 0.1) is 0 Å². The van der Waals surface area contributed by atoms with Crippen molar-refractivity contribution in [1.82, 2.24) is 0 Å². The molecule has 0 spiro atoms. The first kappa shape index (κ1) is 13.8. The molecule has 0 aromatic heterocycles. The number of nitrogen functional groups attached to an aromatic ring is 1. The molecule has 0 aliphatic heterocycles. The average molecular weight is 298 g/mol. The smallest absolute Gasteiger partial charge is 0.142 e. The lowest BCUT2D eigenvalue weighted by Crippen LogP contribution is -1.99. The van der Waals surface area contributed by atoms with Crippen LogP contribution in [-0.4, -0.2) is 7.11 Å². The highest BCUT2D eigenvalue weighted by Gasteiger charge is 2.07. The molecule has 0 aliphatic carbocycles. The molecule has 2 aromatic rings. The molecule has 0 amide bonds. The van der Waals surface area contributed by atoms with Gasteiger partial charge in [-0.05, 0) is 24.3 Å². The Morgan fingerprint density at radius 3 is 2.37 bits per heavy atom. The average Bonchev–Trinajstić information content (AvgIpc) is 2.38. The van der Waals surface area contributed by atoms with Gasteiger partial charge in [0.15, 0.2) is 0 Å². The van der Waals surface area contributed by atoms with Gasteiger partial charge in [0.05, 0.1) is 12.8 Å². The number of rotatable bonds is 4. The van der Waals surface area contributed by atoms with Crippen LogP contribution in [0.15, 0.2) is 36.4 Å². The van der Waals surface area contributed by atoms with Crippen molar-refractivity contribution < 1.29 is 9.47 Å². The monoisotopic (exact) mass is 297 g/mol. The molecule has 2 rings (SSSR count). The molecule has 0 atom stereocenters. The fraction of sp³-hybridized carbons (Fsp3) is 0.143. The fourth-order valence-electron chi connectivity index (χ4n) is 1.63. The van der Waals surface area contributed by atoms with E-state index in [4.69, 9.17) is 38.4 Å². The Labute approximate surface area is 121 Å². The molecular weight excluding hydrogens is 285 g/mol. The SMILES string of the molecule is COc1ccc(OCc2c(Cl)cccc2Cl)cc1N. The van der Waals surface area contributed by atoms with E-state index < -0.39 is 0 Å². The summed E-state index contributed by atoms with van der Waals surface area (Å²) in [6.07, 6.45) is 0. The summed E-state index contributed by atoms with van der Waals surface area (Å²) in [4.78, 5) is 0. The van der Waals surface area contributed by atoms with Gasteiger partial charge in [0.1, 0.15) is 18.1 Å². The Balaban J connectivity index is 2.13. The molecule has 0 saturated carbocycles. The Morgan fingerprint density at radius 1 is 1.11 bits per heavy atom. The minimum Gasteiger partial charge on any atom is -0.495 e. The molecular formula is C14H13Cl2NO2. The number of benzene rings is 2. The number of methoxy groups -OCH3 is 1. The summed E-state index contributed by atoms with van der Waals surface area (Å²) in [5, 5.41) is 1.16. The van der Waals surface area contributed by atoms with E-state index in [1.807, 2.05) is 0 Å². The third kappa shape index (κ3) is 3.25. The lowest BCUT2D eigenvalue weighted by Gasteiger charge is -2.11. The van der Waals surface area contributed by atoms with Gasteiger partial charge in [-0.25, -0.2) is 0 Å². The minimum atomic E-state index is 0.282. The first-order valence-corrected chi connectivity index (χ1v) is 6.36. The highest BCUT2D eigenvalue weighted by Crippen LogP contribution is 2.29. The lowest BCUT2D eigenvalue weighted by molar-refractivity contribution is 0.306. The van der Waals surface area contributed by atoms with Crippen LogP contribution >= 0.6 is 23.2 Å². The number of hydrogen-bond donors (Lipinski definition) is 1. The summed E-state index contributed by atoms with van der Waals surface area (Å²) in [7, 11) is 1.57. The molecule has 0 heterocycles. The third-order valence-corrected chi connectivity index (χ3v) is 3.35. The summed E-state index contributed by atoms with van der Waals surface area (Å²) in [5.74, 6) is 1.25. The molecule has 0 bridgehead atoms. The Bertz CT molecular complexity index is 567. The number of anilines is 1.